The Labute approximate surface area is 127 Å². The van der Waals surface area contributed by atoms with Crippen molar-refractivity contribution in [2.45, 2.75) is 18.0 Å². The van der Waals surface area contributed by atoms with E-state index < -0.39 is 5.00 Å². The summed E-state index contributed by atoms with van der Waals surface area (Å²) in [5.41, 5.74) is 3.13. The fraction of sp³-hybridized carbons (Fsp3) is 0.188. The number of alkyl halides is 1. The monoisotopic (exact) mass is 305 g/mol. The highest BCUT2D eigenvalue weighted by Gasteiger charge is 2.41. The summed E-state index contributed by atoms with van der Waals surface area (Å²) in [6.07, 6.45) is 1.34. The van der Waals surface area contributed by atoms with E-state index in [1.54, 1.807) is 0 Å². The van der Waals surface area contributed by atoms with Crippen molar-refractivity contribution in [3.05, 3.63) is 64.7 Å². The zero-order chi connectivity index (χ0) is 14.2. The molecule has 1 aliphatic heterocycles. The highest BCUT2D eigenvalue weighted by atomic mass is 35.5. The minimum absolute atomic E-state index is 0.523. The van der Waals surface area contributed by atoms with Crippen LogP contribution >= 0.6 is 23.2 Å². The average Bonchev–Trinajstić information content (AvgIpc) is 2.73. The van der Waals surface area contributed by atoms with Crippen LogP contribution in [0.4, 0.5) is 5.69 Å². The van der Waals surface area contributed by atoms with E-state index in [0.29, 0.717) is 18.0 Å². The molecule has 2 aromatic carbocycles. The maximum absolute atomic E-state index is 11.5. The van der Waals surface area contributed by atoms with Crippen LogP contribution in [0.3, 0.4) is 0 Å². The van der Waals surface area contributed by atoms with E-state index in [4.69, 9.17) is 23.2 Å². The standard InChI is InChI=1S/C16H13Cl2NO/c17-14-6-3-4-12(8-14)10-19-15-7-2-1-5-13(15)9-16(19,18)11-20/h1-8,11H,9-10H2. The summed E-state index contributed by atoms with van der Waals surface area (Å²) in [7, 11) is 0. The van der Waals surface area contributed by atoms with Gasteiger partial charge in [-0.1, -0.05) is 53.5 Å². The molecule has 1 aliphatic rings. The molecular formula is C16H13Cl2NO. The van der Waals surface area contributed by atoms with Crippen LogP contribution in [0.2, 0.25) is 5.02 Å². The molecule has 0 N–H and O–H groups in total. The van der Waals surface area contributed by atoms with Crippen molar-refractivity contribution in [1.82, 2.24) is 0 Å². The normalized spacial score (nSPS) is 20.8. The van der Waals surface area contributed by atoms with Crippen LogP contribution in [0.5, 0.6) is 0 Å². The van der Waals surface area contributed by atoms with Crippen LogP contribution in [0.1, 0.15) is 11.1 Å². The van der Waals surface area contributed by atoms with Crippen molar-refractivity contribution >= 4 is 35.2 Å². The fourth-order valence-corrected chi connectivity index (χ4v) is 3.13. The van der Waals surface area contributed by atoms with Crippen LogP contribution in [-0.2, 0) is 17.8 Å². The summed E-state index contributed by atoms with van der Waals surface area (Å²) in [6.45, 7) is 0.555. The largest absolute Gasteiger partial charge is 0.342 e. The van der Waals surface area contributed by atoms with Crippen molar-refractivity contribution in [3.63, 3.8) is 0 Å². The van der Waals surface area contributed by atoms with E-state index in [2.05, 4.69) is 0 Å². The summed E-state index contributed by atoms with van der Waals surface area (Å²) in [6, 6.07) is 15.5. The van der Waals surface area contributed by atoms with E-state index >= 15 is 0 Å². The molecule has 0 spiro atoms. The first-order valence-electron chi connectivity index (χ1n) is 6.38. The first-order valence-corrected chi connectivity index (χ1v) is 7.13. The molecule has 20 heavy (non-hydrogen) atoms. The zero-order valence-electron chi connectivity index (χ0n) is 10.7. The second-order valence-corrected chi connectivity index (χ2v) is 6.05. The number of hydrogen-bond acceptors (Lipinski definition) is 2. The molecule has 0 saturated carbocycles. The number of benzene rings is 2. The van der Waals surface area contributed by atoms with E-state index in [0.717, 1.165) is 23.1 Å². The Morgan fingerprint density at radius 3 is 2.75 bits per heavy atom. The van der Waals surface area contributed by atoms with Gasteiger partial charge < -0.3 is 4.90 Å². The molecule has 1 heterocycles. The number of nitrogens with zero attached hydrogens (tertiary/aromatic N) is 1. The van der Waals surface area contributed by atoms with Crippen molar-refractivity contribution in [3.8, 4) is 0 Å². The van der Waals surface area contributed by atoms with Gasteiger partial charge in [0, 0.05) is 23.7 Å². The third-order valence-corrected chi connectivity index (χ3v) is 4.24. The number of halogens is 2. The van der Waals surface area contributed by atoms with E-state index in [1.807, 2.05) is 53.4 Å². The predicted octanol–water partition coefficient (Wildman–Crippen LogP) is 4.04. The van der Waals surface area contributed by atoms with Gasteiger partial charge in [0.2, 0.25) is 0 Å². The van der Waals surface area contributed by atoms with E-state index in [9.17, 15) is 4.79 Å². The van der Waals surface area contributed by atoms with Crippen molar-refractivity contribution < 1.29 is 4.79 Å². The molecule has 0 radical (unpaired) electrons. The van der Waals surface area contributed by atoms with Gasteiger partial charge in [0.05, 0.1) is 0 Å². The SMILES string of the molecule is O=CC1(Cl)Cc2ccccc2N1Cc1cccc(Cl)c1. The molecule has 1 unspecified atom stereocenters. The van der Waals surface area contributed by atoms with Gasteiger partial charge in [-0.25, -0.2) is 0 Å². The van der Waals surface area contributed by atoms with Crippen LogP contribution in [0.25, 0.3) is 0 Å². The van der Waals surface area contributed by atoms with Crippen LogP contribution in [-0.4, -0.2) is 11.3 Å². The summed E-state index contributed by atoms with van der Waals surface area (Å²) in [5, 5.41) is 0.682. The van der Waals surface area contributed by atoms with E-state index in [-0.39, 0.29) is 0 Å². The minimum atomic E-state index is -1.01. The molecule has 0 aromatic heterocycles. The molecular weight excluding hydrogens is 293 g/mol. The summed E-state index contributed by atoms with van der Waals surface area (Å²) in [5.74, 6) is 0. The van der Waals surface area contributed by atoms with Crippen LogP contribution in [0, 0.1) is 0 Å². The Kier molecular flexibility index (Phi) is 3.45. The van der Waals surface area contributed by atoms with Gasteiger partial charge in [-0.15, -0.1) is 0 Å². The number of fused-ring (bicyclic) bond motifs is 1. The maximum Gasteiger partial charge on any atom is 0.175 e. The molecule has 2 nitrogen and oxygen atoms in total. The second-order valence-electron chi connectivity index (χ2n) is 4.96. The molecule has 3 rings (SSSR count). The molecule has 0 saturated heterocycles. The number of carbonyl (C=O) groups is 1. The Balaban J connectivity index is 1.99. The third-order valence-electron chi connectivity index (χ3n) is 3.58. The molecule has 0 bridgehead atoms. The maximum atomic E-state index is 11.5. The molecule has 1 atom stereocenters. The van der Waals surface area contributed by atoms with Gasteiger partial charge in [0.25, 0.3) is 0 Å². The lowest BCUT2D eigenvalue weighted by molar-refractivity contribution is -0.109. The predicted molar refractivity (Wildman–Crippen MR) is 82.4 cm³/mol. The first kappa shape index (κ1) is 13.5. The number of para-hydroxylation sites is 1. The van der Waals surface area contributed by atoms with Gasteiger partial charge in [-0.2, -0.15) is 0 Å². The fourth-order valence-electron chi connectivity index (χ4n) is 2.63. The van der Waals surface area contributed by atoms with Gasteiger partial charge in [-0.05, 0) is 29.3 Å². The molecule has 0 fully saturated rings. The van der Waals surface area contributed by atoms with Crippen molar-refractivity contribution in [2.24, 2.45) is 0 Å². The highest BCUT2D eigenvalue weighted by molar-refractivity contribution is 6.34. The lowest BCUT2D eigenvalue weighted by atomic mass is 10.1. The van der Waals surface area contributed by atoms with Crippen molar-refractivity contribution in [2.75, 3.05) is 4.90 Å². The van der Waals surface area contributed by atoms with Crippen LogP contribution < -0.4 is 4.90 Å². The average molecular weight is 306 g/mol. The number of aldehydes is 1. The van der Waals surface area contributed by atoms with Gasteiger partial charge in [0.15, 0.2) is 11.3 Å². The third kappa shape index (κ3) is 2.30. The molecule has 2 aromatic rings. The lowest BCUT2D eigenvalue weighted by Gasteiger charge is -2.30. The quantitative estimate of drug-likeness (QED) is 0.484. The Morgan fingerprint density at radius 1 is 1.20 bits per heavy atom. The summed E-state index contributed by atoms with van der Waals surface area (Å²) < 4.78 is 0. The highest BCUT2D eigenvalue weighted by Crippen LogP contribution is 2.41. The molecule has 102 valence electrons. The lowest BCUT2D eigenvalue weighted by Crippen LogP contribution is -2.42. The number of carbonyl (C=O) groups excluding carboxylic acids is 1. The van der Waals surface area contributed by atoms with Gasteiger partial charge in [-0.3, -0.25) is 4.79 Å². The minimum Gasteiger partial charge on any atom is -0.342 e. The zero-order valence-corrected chi connectivity index (χ0v) is 12.2. The first-order chi connectivity index (χ1) is 9.62. The van der Waals surface area contributed by atoms with Gasteiger partial charge >= 0.3 is 0 Å². The Hall–Kier alpha value is -1.51. The number of rotatable bonds is 3. The summed E-state index contributed by atoms with van der Waals surface area (Å²) >= 11 is 12.5. The smallest absolute Gasteiger partial charge is 0.175 e. The van der Waals surface area contributed by atoms with Crippen molar-refractivity contribution in [1.29, 1.82) is 0 Å². The molecule has 0 aliphatic carbocycles. The summed E-state index contributed by atoms with van der Waals surface area (Å²) in [4.78, 5) is 12.4. The van der Waals surface area contributed by atoms with Gasteiger partial charge in [0.1, 0.15) is 0 Å². The number of anilines is 1. The van der Waals surface area contributed by atoms with E-state index in [1.165, 1.54) is 0 Å². The van der Waals surface area contributed by atoms with Crippen LogP contribution in [0.15, 0.2) is 48.5 Å². The molecule has 0 amide bonds. The second kappa shape index (κ2) is 5.12. The molecule has 4 heteroatoms. The number of hydrogen-bond donors (Lipinski definition) is 0. The topological polar surface area (TPSA) is 20.3 Å². The Bertz CT molecular complexity index is 658. The Morgan fingerprint density at radius 2 is 2.00 bits per heavy atom.